The molecule has 5 aromatic rings. The maximum atomic E-state index is 12.6. The predicted molar refractivity (Wildman–Crippen MR) is 135 cm³/mol. The van der Waals surface area contributed by atoms with E-state index >= 15 is 0 Å². The van der Waals surface area contributed by atoms with Crippen molar-refractivity contribution < 1.29 is 9.53 Å². The quantitative estimate of drug-likeness (QED) is 0.335. The first-order valence-corrected chi connectivity index (χ1v) is 11.3. The van der Waals surface area contributed by atoms with Gasteiger partial charge in [-0.3, -0.25) is 9.48 Å². The Morgan fingerprint density at radius 3 is 2.29 bits per heavy atom. The summed E-state index contributed by atoms with van der Waals surface area (Å²) in [6.45, 7) is 2.89. The number of ether oxygens (including phenoxy) is 1. The average molecular weight is 464 g/mol. The second-order valence-corrected chi connectivity index (χ2v) is 8.24. The molecule has 2 aromatic heterocycles. The summed E-state index contributed by atoms with van der Waals surface area (Å²) in [5.74, 6) is 0.883. The second kappa shape index (κ2) is 10.1. The van der Waals surface area contributed by atoms with Crippen LogP contribution in [0.25, 0.3) is 11.1 Å². The van der Waals surface area contributed by atoms with Crippen molar-refractivity contribution >= 4 is 11.7 Å². The zero-order valence-corrected chi connectivity index (χ0v) is 19.3. The summed E-state index contributed by atoms with van der Waals surface area (Å²) in [5, 5.41) is 11.5. The molecule has 0 spiro atoms. The fraction of sp³-hybridized carbons (Fsp3) is 0.107. The minimum atomic E-state index is -0.323. The standard InChI is InChI=1S/C28H25N5O2/c1-21-7-9-22(10-8-21)19-32-18-16-27(31-32)29-28(34)26-15-17-33(30-26)20-35-25-13-11-24(12-14-25)23-5-3-2-4-6-23/h2-18H,19-20H2,1H3,(H,29,31,34). The number of carbonyl (C=O) groups is 1. The molecule has 0 saturated heterocycles. The van der Waals surface area contributed by atoms with E-state index < -0.39 is 0 Å². The predicted octanol–water partition coefficient (Wildman–Crippen LogP) is 5.39. The van der Waals surface area contributed by atoms with Crippen molar-refractivity contribution in [2.75, 3.05) is 5.32 Å². The molecule has 5 rings (SSSR count). The number of hydrogen-bond acceptors (Lipinski definition) is 4. The van der Waals surface area contributed by atoms with E-state index in [9.17, 15) is 4.79 Å². The SMILES string of the molecule is Cc1ccc(Cn2ccc(NC(=O)c3ccn(COc4ccc(-c5ccccc5)cc4)n3)n2)cc1. The normalized spacial score (nSPS) is 10.8. The van der Waals surface area contributed by atoms with Crippen LogP contribution in [-0.2, 0) is 13.3 Å². The molecular formula is C28H25N5O2. The molecule has 0 atom stereocenters. The molecule has 0 radical (unpaired) electrons. The van der Waals surface area contributed by atoms with Crippen molar-refractivity contribution in [1.82, 2.24) is 19.6 Å². The van der Waals surface area contributed by atoms with Crippen LogP contribution in [0.4, 0.5) is 5.82 Å². The summed E-state index contributed by atoms with van der Waals surface area (Å²) in [5.41, 5.74) is 4.93. The van der Waals surface area contributed by atoms with Gasteiger partial charge in [0.2, 0.25) is 0 Å². The highest BCUT2D eigenvalue weighted by molar-refractivity contribution is 6.02. The Bertz CT molecular complexity index is 1400. The van der Waals surface area contributed by atoms with Gasteiger partial charge >= 0.3 is 0 Å². The lowest BCUT2D eigenvalue weighted by molar-refractivity contribution is 0.101. The smallest absolute Gasteiger partial charge is 0.277 e. The Labute approximate surface area is 203 Å². The molecule has 0 fully saturated rings. The van der Waals surface area contributed by atoms with Crippen molar-refractivity contribution in [3.8, 4) is 16.9 Å². The third-order valence-electron chi connectivity index (χ3n) is 5.55. The summed E-state index contributed by atoms with van der Waals surface area (Å²) in [7, 11) is 0. The molecular weight excluding hydrogens is 438 g/mol. The van der Waals surface area contributed by atoms with Crippen LogP contribution >= 0.6 is 0 Å². The van der Waals surface area contributed by atoms with Gasteiger partial charge in [-0.15, -0.1) is 0 Å². The molecule has 1 amide bonds. The summed E-state index contributed by atoms with van der Waals surface area (Å²) in [4.78, 5) is 12.6. The number of carbonyl (C=O) groups excluding carboxylic acids is 1. The molecule has 0 unspecified atom stereocenters. The van der Waals surface area contributed by atoms with Crippen molar-refractivity contribution in [3.63, 3.8) is 0 Å². The molecule has 1 N–H and O–H groups in total. The molecule has 0 aliphatic carbocycles. The van der Waals surface area contributed by atoms with Crippen molar-refractivity contribution in [3.05, 3.63) is 120 Å². The van der Waals surface area contributed by atoms with Gasteiger partial charge in [0.05, 0.1) is 6.54 Å². The van der Waals surface area contributed by atoms with E-state index in [1.807, 2.05) is 48.7 Å². The molecule has 0 bridgehead atoms. The lowest BCUT2D eigenvalue weighted by atomic mass is 10.1. The number of anilines is 1. The number of nitrogens with one attached hydrogen (secondary N) is 1. The number of benzene rings is 3. The fourth-order valence-corrected chi connectivity index (χ4v) is 3.65. The Morgan fingerprint density at radius 1 is 0.800 bits per heavy atom. The van der Waals surface area contributed by atoms with Gasteiger partial charge in [-0.25, -0.2) is 4.68 Å². The zero-order chi connectivity index (χ0) is 24.0. The molecule has 0 saturated carbocycles. The summed E-state index contributed by atoms with van der Waals surface area (Å²) in [6.07, 6.45) is 3.55. The van der Waals surface area contributed by atoms with Crippen LogP contribution in [-0.4, -0.2) is 25.5 Å². The Balaban J connectivity index is 1.14. The second-order valence-electron chi connectivity index (χ2n) is 8.24. The van der Waals surface area contributed by atoms with Gasteiger partial charge in [-0.2, -0.15) is 10.2 Å². The van der Waals surface area contributed by atoms with E-state index in [0.717, 1.165) is 22.4 Å². The number of nitrogens with zero attached hydrogens (tertiary/aromatic N) is 4. The highest BCUT2D eigenvalue weighted by Gasteiger charge is 2.12. The van der Waals surface area contributed by atoms with Crippen LogP contribution in [0, 0.1) is 6.92 Å². The van der Waals surface area contributed by atoms with Crippen LogP contribution in [0.2, 0.25) is 0 Å². The Hall–Kier alpha value is -4.65. The number of hydrogen-bond donors (Lipinski definition) is 1. The fourth-order valence-electron chi connectivity index (χ4n) is 3.65. The molecule has 174 valence electrons. The van der Waals surface area contributed by atoms with Crippen molar-refractivity contribution in [2.24, 2.45) is 0 Å². The van der Waals surface area contributed by atoms with E-state index in [4.69, 9.17) is 4.74 Å². The number of aromatic nitrogens is 4. The first-order chi connectivity index (χ1) is 17.1. The van der Waals surface area contributed by atoms with Gasteiger partial charge in [0.25, 0.3) is 5.91 Å². The Kier molecular flexibility index (Phi) is 6.39. The van der Waals surface area contributed by atoms with Crippen LogP contribution < -0.4 is 10.1 Å². The van der Waals surface area contributed by atoms with E-state index in [1.165, 1.54) is 5.56 Å². The van der Waals surface area contributed by atoms with Crippen LogP contribution in [0.1, 0.15) is 21.6 Å². The van der Waals surface area contributed by atoms with Gasteiger partial charge < -0.3 is 10.1 Å². The van der Waals surface area contributed by atoms with Gasteiger partial charge in [-0.1, -0.05) is 72.3 Å². The lowest BCUT2D eigenvalue weighted by Crippen LogP contribution is -2.15. The molecule has 0 aliphatic rings. The molecule has 7 heteroatoms. The van der Waals surface area contributed by atoms with Crippen molar-refractivity contribution in [1.29, 1.82) is 0 Å². The molecule has 3 aromatic carbocycles. The summed E-state index contributed by atoms with van der Waals surface area (Å²) >= 11 is 0. The maximum Gasteiger partial charge on any atom is 0.277 e. The minimum absolute atomic E-state index is 0.198. The molecule has 2 heterocycles. The van der Waals surface area contributed by atoms with Crippen LogP contribution in [0.15, 0.2) is 103 Å². The number of aryl methyl sites for hydroxylation is 1. The van der Waals surface area contributed by atoms with Gasteiger partial charge in [-0.05, 0) is 41.8 Å². The van der Waals surface area contributed by atoms with E-state index in [0.29, 0.717) is 18.1 Å². The van der Waals surface area contributed by atoms with Gasteiger partial charge in [0.15, 0.2) is 18.2 Å². The molecule has 0 aliphatic heterocycles. The maximum absolute atomic E-state index is 12.6. The average Bonchev–Trinajstić information content (AvgIpc) is 3.55. The van der Waals surface area contributed by atoms with Gasteiger partial charge in [0, 0.05) is 18.5 Å². The molecule has 7 nitrogen and oxygen atoms in total. The third kappa shape index (κ3) is 5.65. The number of rotatable bonds is 8. The topological polar surface area (TPSA) is 74.0 Å². The first-order valence-electron chi connectivity index (χ1n) is 11.3. The van der Waals surface area contributed by atoms with E-state index in [-0.39, 0.29) is 12.6 Å². The zero-order valence-electron chi connectivity index (χ0n) is 19.3. The Morgan fingerprint density at radius 2 is 1.51 bits per heavy atom. The minimum Gasteiger partial charge on any atom is -0.471 e. The van der Waals surface area contributed by atoms with Gasteiger partial charge in [0.1, 0.15) is 5.75 Å². The summed E-state index contributed by atoms with van der Waals surface area (Å²) < 4.78 is 9.18. The highest BCUT2D eigenvalue weighted by Crippen LogP contribution is 2.22. The highest BCUT2D eigenvalue weighted by atomic mass is 16.5. The first kappa shape index (κ1) is 22.2. The van der Waals surface area contributed by atoms with E-state index in [1.54, 1.807) is 27.7 Å². The van der Waals surface area contributed by atoms with Crippen LogP contribution in [0.5, 0.6) is 5.75 Å². The molecule has 35 heavy (non-hydrogen) atoms. The third-order valence-corrected chi connectivity index (χ3v) is 5.55. The van der Waals surface area contributed by atoms with Crippen molar-refractivity contribution in [2.45, 2.75) is 20.2 Å². The lowest BCUT2D eigenvalue weighted by Gasteiger charge is -2.07. The number of amides is 1. The monoisotopic (exact) mass is 463 g/mol. The summed E-state index contributed by atoms with van der Waals surface area (Å²) in [6, 6.07) is 29.8. The van der Waals surface area contributed by atoms with Crippen LogP contribution in [0.3, 0.4) is 0 Å². The van der Waals surface area contributed by atoms with E-state index in [2.05, 4.69) is 58.8 Å². The largest absolute Gasteiger partial charge is 0.471 e.